The SMILES string of the molecule is CCC(CC)C(O)CNc1cc(OC(C)C)ncn1. The molecule has 1 heterocycles. The molecule has 1 unspecified atom stereocenters. The Bertz CT molecular complexity index is 367. The Balaban J connectivity index is 2.53. The van der Waals surface area contributed by atoms with Gasteiger partial charge in [-0.25, -0.2) is 9.97 Å². The molecule has 1 aromatic rings. The normalized spacial score (nSPS) is 12.8. The molecule has 108 valence electrons. The molecule has 0 saturated carbocycles. The van der Waals surface area contributed by atoms with Crippen molar-refractivity contribution in [1.29, 1.82) is 0 Å². The first-order valence-corrected chi connectivity index (χ1v) is 6.97. The lowest BCUT2D eigenvalue weighted by Crippen LogP contribution is -2.28. The lowest BCUT2D eigenvalue weighted by atomic mass is 9.97. The number of hydrogen-bond donors (Lipinski definition) is 2. The van der Waals surface area contributed by atoms with Crippen molar-refractivity contribution in [1.82, 2.24) is 9.97 Å². The van der Waals surface area contributed by atoms with Crippen molar-refractivity contribution in [3.8, 4) is 5.88 Å². The molecule has 0 aromatic carbocycles. The molecule has 2 N–H and O–H groups in total. The standard InChI is InChI=1S/C14H25N3O2/c1-5-11(6-2)12(18)8-15-13-7-14(17-9-16-13)19-10(3)4/h7,9-12,18H,5-6,8H2,1-4H3,(H,15,16,17). The maximum absolute atomic E-state index is 10.0. The van der Waals surface area contributed by atoms with E-state index in [1.807, 2.05) is 13.8 Å². The number of nitrogens with one attached hydrogen (secondary N) is 1. The van der Waals surface area contributed by atoms with Gasteiger partial charge in [0.1, 0.15) is 12.1 Å². The average Bonchev–Trinajstić information content (AvgIpc) is 2.37. The number of nitrogens with zero attached hydrogens (tertiary/aromatic N) is 2. The quantitative estimate of drug-likeness (QED) is 0.757. The van der Waals surface area contributed by atoms with Gasteiger partial charge in [-0.3, -0.25) is 0 Å². The van der Waals surface area contributed by atoms with E-state index in [0.29, 0.717) is 24.2 Å². The van der Waals surface area contributed by atoms with Crippen molar-refractivity contribution < 1.29 is 9.84 Å². The van der Waals surface area contributed by atoms with Crippen LogP contribution in [0.25, 0.3) is 0 Å². The van der Waals surface area contributed by atoms with Gasteiger partial charge in [0.05, 0.1) is 12.2 Å². The third-order valence-electron chi connectivity index (χ3n) is 3.08. The summed E-state index contributed by atoms with van der Waals surface area (Å²) in [5, 5.41) is 13.2. The van der Waals surface area contributed by atoms with Crippen LogP contribution in [0.4, 0.5) is 5.82 Å². The summed E-state index contributed by atoms with van der Waals surface area (Å²) in [6, 6.07) is 1.75. The van der Waals surface area contributed by atoms with E-state index in [-0.39, 0.29) is 12.2 Å². The molecule has 5 nitrogen and oxygen atoms in total. The fourth-order valence-electron chi connectivity index (χ4n) is 1.95. The first-order valence-electron chi connectivity index (χ1n) is 6.97. The highest BCUT2D eigenvalue weighted by molar-refractivity contribution is 5.37. The molecule has 19 heavy (non-hydrogen) atoms. The zero-order chi connectivity index (χ0) is 14.3. The zero-order valence-electron chi connectivity index (χ0n) is 12.3. The van der Waals surface area contributed by atoms with Crippen LogP contribution in [0.1, 0.15) is 40.5 Å². The molecular weight excluding hydrogens is 242 g/mol. The first kappa shape index (κ1) is 15.7. The zero-order valence-corrected chi connectivity index (χ0v) is 12.3. The molecule has 0 bridgehead atoms. The number of aliphatic hydroxyl groups excluding tert-OH is 1. The van der Waals surface area contributed by atoms with Gasteiger partial charge in [0.15, 0.2) is 0 Å². The molecule has 0 aliphatic heterocycles. The Morgan fingerprint density at radius 2 is 1.95 bits per heavy atom. The Morgan fingerprint density at radius 1 is 1.26 bits per heavy atom. The molecule has 1 rings (SSSR count). The van der Waals surface area contributed by atoms with E-state index in [0.717, 1.165) is 12.8 Å². The largest absolute Gasteiger partial charge is 0.475 e. The summed E-state index contributed by atoms with van der Waals surface area (Å²) in [6.45, 7) is 8.58. The molecule has 1 atom stereocenters. The topological polar surface area (TPSA) is 67.3 Å². The summed E-state index contributed by atoms with van der Waals surface area (Å²) in [5.74, 6) is 1.54. The molecule has 1 aromatic heterocycles. The van der Waals surface area contributed by atoms with E-state index in [4.69, 9.17) is 4.74 Å². The van der Waals surface area contributed by atoms with Crippen LogP contribution in [-0.4, -0.2) is 33.8 Å². The number of aliphatic hydroxyl groups is 1. The summed E-state index contributed by atoms with van der Waals surface area (Å²) >= 11 is 0. The highest BCUT2D eigenvalue weighted by Gasteiger charge is 2.15. The molecule has 0 amide bonds. The second-order valence-electron chi connectivity index (χ2n) is 4.93. The van der Waals surface area contributed by atoms with Crippen LogP contribution in [0.3, 0.4) is 0 Å². The van der Waals surface area contributed by atoms with E-state index in [9.17, 15) is 5.11 Å². The smallest absolute Gasteiger partial charge is 0.218 e. The molecule has 0 aliphatic rings. The van der Waals surface area contributed by atoms with Crippen LogP contribution in [-0.2, 0) is 0 Å². The highest BCUT2D eigenvalue weighted by Crippen LogP contribution is 2.15. The maximum Gasteiger partial charge on any atom is 0.218 e. The van der Waals surface area contributed by atoms with Crippen LogP contribution in [0, 0.1) is 5.92 Å². The number of hydrogen-bond acceptors (Lipinski definition) is 5. The molecule has 0 saturated heterocycles. The second kappa shape index (κ2) is 7.94. The predicted molar refractivity (Wildman–Crippen MR) is 76.4 cm³/mol. The number of ether oxygens (including phenoxy) is 1. The molecular formula is C14H25N3O2. The fourth-order valence-corrected chi connectivity index (χ4v) is 1.95. The third kappa shape index (κ3) is 5.42. The van der Waals surface area contributed by atoms with E-state index in [2.05, 4.69) is 29.1 Å². The van der Waals surface area contributed by atoms with Crippen LogP contribution >= 0.6 is 0 Å². The van der Waals surface area contributed by atoms with Gasteiger partial charge in [-0.05, 0) is 19.8 Å². The van der Waals surface area contributed by atoms with Crippen LogP contribution < -0.4 is 10.1 Å². The van der Waals surface area contributed by atoms with E-state index in [1.54, 1.807) is 6.07 Å². The lowest BCUT2D eigenvalue weighted by molar-refractivity contribution is 0.114. The summed E-state index contributed by atoms with van der Waals surface area (Å²) in [6.07, 6.45) is 3.14. The Morgan fingerprint density at radius 3 is 2.53 bits per heavy atom. The molecule has 0 aliphatic carbocycles. The summed E-state index contributed by atoms with van der Waals surface area (Å²) < 4.78 is 5.50. The van der Waals surface area contributed by atoms with Crippen molar-refractivity contribution in [2.75, 3.05) is 11.9 Å². The van der Waals surface area contributed by atoms with Gasteiger partial charge in [0, 0.05) is 12.6 Å². The van der Waals surface area contributed by atoms with Crippen LogP contribution in [0.15, 0.2) is 12.4 Å². The molecule has 0 fully saturated rings. The fraction of sp³-hybridized carbons (Fsp3) is 0.714. The second-order valence-corrected chi connectivity index (χ2v) is 4.93. The van der Waals surface area contributed by atoms with Crippen molar-refractivity contribution in [3.05, 3.63) is 12.4 Å². The van der Waals surface area contributed by atoms with Crippen molar-refractivity contribution in [2.45, 2.75) is 52.7 Å². The van der Waals surface area contributed by atoms with Gasteiger partial charge >= 0.3 is 0 Å². The highest BCUT2D eigenvalue weighted by atomic mass is 16.5. The van der Waals surface area contributed by atoms with Crippen molar-refractivity contribution in [3.63, 3.8) is 0 Å². The van der Waals surface area contributed by atoms with Crippen LogP contribution in [0.5, 0.6) is 5.88 Å². The monoisotopic (exact) mass is 267 g/mol. The van der Waals surface area contributed by atoms with E-state index >= 15 is 0 Å². The maximum atomic E-state index is 10.0. The predicted octanol–water partition coefficient (Wildman–Crippen LogP) is 2.47. The molecule has 5 heteroatoms. The van der Waals surface area contributed by atoms with E-state index < -0.39 is 0 Å². The third-order valence-corrected chi connectivity index (χ3v) is 3.08. The summed E-state index contributed by atoms with van der Waals surface area (Å²) in [4.78, 5) is 8.15. The number of anilines is 1. The Hall–Kier alpha value is -1.36. The minimum absolute atomic E-state index is 0.0814. The Labute approximate surface area is 115 Å². The summed E-state index contributed by atoms with van der Waals surface area (Å²) in [7, 11) is 0. The van der Waals surface area contributed by atoms with Gasteiger partial charge in [0.25, 0.3) is 0 Å². The molecule has 0 spiro atoms. The van der Waals surface area contributed by atoms with Crippen molar-refractivity contribution >= 4 is 5.82 Å². The lowest BCUT2D eigenvalue weighted by Gasteiger charge is -2.20. The van der Waals surface area contributed by atoms with Crippen molar-refractivity contribution in [2.24, 2.45) is 5.92 Å². The average molecular weight is 267 g/mol. The minimum atomic E-state index is -0.362. The van der Waals surface area contributed by atoms with E-state index in [1.165, 1.54) is 6.33 Å². The van der Waals surface area contributed by atoms with Gasteiger partial charge < -0.3 is 15.2 Å². The number of aromatic nitrogens is 2. The summed E-state index contributed by atoms with van der Waals surface area (Å²) in [5.41, 5.74) is 0. The van der Waals surface area contributed by atoms with Crippen LogP contribution in [0.2, 0.25) is 0 Å². The van der Waals surface area contributed by atoms with Gasteiger partial charge in [-0.1, -0.05) is 26.7 Å². The Kier molecular flexibility index (Phi) is 6.56. The first-order chi connectivity index (χ1) is 9.06. The number of rotatable bonds is 8. The minimum Gasteiger partial charge on any atom is -0.475 e. The van der Waals surface area contributed by atoms with Gasteiger partial charge in [-0.2, -0.15) is 0 Å². The van der Waals surface area contributed by atoms with Gasteiger partial charge in [-0.15, -0.1) is 0 Å². The van der Waals surface area contributed by atoms with Gasteiger partial charge in [0.2, 0.25) is 5.88 Å². The molecule has 0 radical (unpaired) electrons.